The van der Waals surface area contributed by atoms with E-state index in [1.165, 1.54) is 30.3 Å². The molecule has 0 spiro atoms. The Bertz CT molecular complexity index is 1120. The molecule has 0 amide bonds. The Morgan fingerprint density at radius 3 is 2.26 bits per heavy atom. The van der Waals surface area contributed by atoms with Crippen molar-refractivity contribution in [1.82, 2.24) is 0 Å². The summed E-state index contributed by atoms with van der Waals surface area (Å²) in [7, 11) is -3.89. The van der Waals surface area contributed by atoms with Gasteiger partial charge in [-0.2, -0.15) is 0 Å². The molecule has 27 heavy (non-hydrogen) atoms. The normalized spacial score (nSPS) is 12.8. The highest BCUT2D eigenvalue weighted by Gasteiger charge is 2.22. The van der Waals surface area contributed by atoms with Crippen molar-refractivity contribution >= 4 is 15.7 Å². The highest BCUT2D eigenvalue weighted by Crippen LogP contribution is 2.42. The van der Waals surface area contributed by atoms with Crippen LogP contribution in [0, 0.1) is 11.6 Å². The molecule has 3 aromatic carbocycles. The highest BCUT2D eigenvalue weighted by atomic mass is 32.2. The van der Waals surface area contributed by atoms with Crippen molar-refractivity contribution in [3.63, 3.8) is 0 Å². The van der Waals surface area contributed by atoms with E-state index < -0.39 is 21.7 Å². The van der Waals surface area contributed by atoms with Crippen molar-refractivity contribution < 1.29 is 26.7 Å². The van der Waals surface area contributed by atoms with Crippen LogP contribution in [0.25, 0.3) is 11.1 Å². The average Bonchev–Trinajstić information content (AvgIpc) is 3.11. The Morgan fingerprint density at radius 2 is 1.56 bits per heavy atom. The summed E-state index contributed by atoms with van der Waals surface area (Å²) in [5, 5.41) is 0. The Kier molecular flexibility index (Phi) is 4.19. The van der Waals surface area contributed by atoms with Crippen molar-refractivity contribution in [2.45, 2.75) is 4.90 Å². The Labute approximate surface area is 154 Å². The van der Waals surface area contributed by atoms with E-state index in [2.05, 4.69) is 4.72 Å². The number of hydrogen-bond donors (Lipinski definition) is 1. The molecule has 1 aliphatic rings. The van der Waals surface area contributed by atoms with Crippen molar-refractivity contribution in [2.24, 2.45) is 0 Å². The third-order valence-corrected chi connectivity index (χ3v) is 5.42. The average molecular weight is 389 g/mol. The molecule has 0 saturated carbocycles. The van der Waals surface area contributed by atoms with Crippen LogP contribution in [0.15, 0.2) is 65.6 Å². The number of hydrogen-bond acceptors (Lipinski definition) is 4. The molecule has 0 radical (unpaired) electrons. The molecule has 5 nitrogen and oxygen atoms in total. The summed E-state index contributed by atoms with van der Waals surface area (Å²) in [4.78, 5) is 0.0684. The van der Waals surface area contributed by atoms with Gasteiger partial charge in [0.1, 0.15) is 0 Å². The van der Waals surface area contributed by atoms with E-state index >= 15 is 0 Å². The summed E-state index contributed by atoms with van der Waals surface area (Å²) >= 11 is 0. The van der Waals surface area contributed by atoms with E-state index in [1.54, 1.807) is 18.2 Å². The van der Waals surface area contributed by atoms with Crippen LogP contribution in [0.5, 0.6) is 11.5 Å². The van der Waals surface area contributed by atoms with E-state index in [0.29, 0.717) is 17.1 Å². The second-order valence-electron chi connectivity index (χ2n) is 5.80. The molecule has 1 N–H and O–H groups in total. The lowest BCUT2D eigenvalue weighted by molar-refractivity contribution is 0.174. The molecule has 0 bridgehead atoms. The Balaban J connectivity index is 1.83. The second kappa shape index (κ2) is 6.55. The first-order chi connectivity index (χ1) is 12.9. The van der Waals surface area contributed by atoms with Gasteiger partial charge in [-0.05, 0) is 35.9 Å². The largest absolute Gasteiger partial charge is 0.454 e. The SMILES string of the molecule is O=S(=O)(Nc1cc2c(cc1-c1ccc(F)c(F)c1)OCO2)c1ccccc1. The third-order valence-electron chi connectivity index (χ3n) is 4.04. The molecule has 0 saturated heterocycles. The quantitative estimate of drug-likeness (QED) is 0.728. The molecule has 4 rings (SSSR count). The van der Waals surface area contributed by atoms with Crippen LogP contribution in [0.3, 0.4) is 0 Å². The Morgan fingerprint density at radius 1 is 0.852 bits per heavy atom. The molecular weight excluding hydrogens is 376 g/mol. The number of nitrogens with one attached hydrogen (secondary N) is 1. The zero-order valence-corrected chi connectivity index (χ0v) is 14.6. The fraction of sp³-hybridized carbons (Fsp3) is 0.0526. The minimum absolute atomic E-state index is 0.0125. The maximum absolute atomic E-state index is 13.7. The van der Waals surface area contributed by atoms with E-state index in [-0.39, 0.29) is 22.9 Å². The van der Waals surface area contributed by atoms with Gasteiger partial charge in [-0.15, -0.1) is 0 Å². The summed E-state index contributed by atoms with van der Waals surface area (Å²) in [5.41, 5.74) is 0.782. The third kappa shape index (κ3) is 3.31. The fourth-order valence-electron chi connectivity index (χ4n) is 2.73. The maximum Gasteiger partial charge on any atom is 0.261 e. The molecule has 0 aromatic heterocycles. The number of sulfonamides is 1. The lowest BCUT2D eigenvalue weighted by Gasteiger charge is -2.14. The lowest BCUT2D eigenvalue weighted by Crippen LogP contribution is -2.13. The van der Waals surface area contributed by atoms with E-state index in [1.807, 2.05) is 0 Å². The number of rotatable bonds is 4. The van der Waals surface area contributed by atoms with Gasteiger partial charge in [0.2, 0.25) is 6.79 Å². The van der Waals surface area contributed by atoms with Gasteiger partial charge >= 0.3 is 0 Å². The molecule has 8 heteroatoms. The van der Waals surface area contributed by atoms with Crippen molar-refractivity contribution in [1.29, 1.82) is 0 Å². The summed E-state index contributed by atoms with van der Waals surface area (Å²) in [6, 6.07) is 14.1. The first kappa shape index (κ1) is 17.3. The molecular formula is C19H13F2NO4S. The summed E-state index contributed by atoms with van der Waals surface area (Å²) in [6.07, 6.45) is 0. The summed E-state index contributed by atoms with van der Waals surface area (Å²) < 4.78 is 65.5. The number of fused-ring (bicyclic) bond motifs is 1. The van der Waals surface area contributed by atoms with Crippen LogP contribution < -0.4 is 14.2 Å². The van der Waals surface area contributed by atoms with Crippen molar-refractivity contribution in [3.05, 3.63) is 72.3 Å². The first-order valence-electron chi connectivity index (χ1n) is 7.91. The van der Waals surface area contributed by atoms with Crippen molar-refractivity contribution in [2.75, 3.05) is 11.5 Å². The van der Waals surface area contributed by atoms with Gasteiger partial charge in [-0.3, -0.25) is 4.72 Å². The van der Waals surface area contributed by atoms with Crippen LogP contribution >= 0.6 is 0 Å². The predicted octanol–water partition coefficient (Wildman–Crippen LogP) is 4.16. The smallest absolute Gasteiger partial charge is 0.261 e. The molecule has 0 atom stereocenters. The molecule has 0 fully saturated rings. The number of benzene rings is 3. The van der Waals surface area contributed by atoms with Crippen LogP contribution in [0.1, 0.15) is 0 Å². The standard InChI is InChI=1S/C19H13F2NO4S/c20-15-7-6-12(8-16(15)21)14-9-18-19(26-11-25-18)10-17(14)22-27(23,24)13-4-2-1-3-5-13/h1-10,22H,11H2. The minimum atomic E-state index is -3.89. The van der Waals surface area contributed by atoms with Crippen LogP contribution in [-0.2, 0) is 10.0 Å². The molecule has 1 aliphatic heterocycles. The van der Waals surface area contributed by atoms with Crippen LogP contribution in [0.4, 0.5) is 14.5 Å². The van der Waals surface area contributed by atoms with Gasteiger partial charge in [0, 0.05) is 11.6 Å². The zero-order valence-electron chi connectivity index (χ0n) is 13.8. The zero-order chi connectivity index (χ0) is 19.0. The van der Waals surface area contributed by atoms with Crippen molar-refractivity contribution in [3.8, 4) is 22.6 Å². The lowest BCUT2D eigenvalue weighted by atomic mass is 10.0. The van der Waals surface area contributed by atoms with Gasteiger partial charge in [-0.1, -0.05) is 24.3 Å². The maximum atomic E-state index is 13.7. The van der Waals surface area contributed by atoms with Gasteiger partial charge in [0.15, 0.2) is 23.1 Å². The Hall–Kier alpha value is -3.13. The van der Waals surface area contributed by atoms with E-state index in [9.17, 15) is 17.2 Å². The second-order valence-corrected chi connectivity index (χ2v) is 7.48. The van der Waals surface area contributed by atoms with Crippen LogP contribution in [-0.4, -0.2) is 15.2 Å². The molecule has 138 valence electrons. The number of ether oxygens (including phenoxy) is 2. The van der Waals surface area contributed by atoms with E-state index in [4.69, 9.17) is 9.47 Å². The predicted molar refractivity (Wildman–Crippen MR) is 95.2 cm³/mol. The summed E-state index contributed by atoms with van der Waals surface area (Å²) in [5.74, 6) is -1.29. The first-order valence-corrected chi connectivity index (χ1v) is 9.39. The molecule has 3 aromatic rings. The van der Waals surface area contributed by atoms with Crippen LogP contribution in [0.2, 0.25) is 0 Å². The van der Waals surface area contributed by atoms with E-state index in [0.717, 1.165) is 12.1 Å². The highest BCUT2D eigenvalue weighted by molar-refractivity contribution is 7.92. The molecule has 1 heterocycles. The monoisotopic (exact) mass is 389 g/mol. The number of halogens is 2. The fourth-order valence-corrected chi connectivity index (χ4v) is 3.82. The van der Waals surface area contributed by atoms with Gasteiger partial charge in [-0.25, -0.2) is 17.2 Å². The minimum Gasteiger partial charge on any atom is -0.454 e. The van der Waals surface area contributed by atoms with Gasteiger partial charge in [0.25, 0.3) is 10.0 Å². The topological polar surface area (TPSA) is 64.6 Å². The van der Waals surface area contributed by atoms with Gasteiger partial charge in [0.05, 0.1) is 10.6 Å². The van der Waals surface area contributed by atoms with Gasteiger partial charge < -0.3 is 9.47 Å². The molecule has 0 aliphatic carbocycles. The number of anilines is 1. The molecule has 0 unspecified atom stereocenters. The summed E-state index contributed by atoms with van der Waals surface area (Å²) in [6.45, 7) is -0.0125.